The topological polar surface area (TPSA) is 69.7 Å². The van der Waals surface area contributed by atoms with Crippen LogP contribution in [-0.2, 0) is 0 Å². The molecule has 36 heavy (non-hydrogen) atoms. The van der Waals surface area contributed by atoms with Crippen molar-refractivity contribution in [2.45, 2.75) is 106 Å². The van der Waals surface area contributed by atoms with Crippen LogP contribution in [0.3, 0.4) is 0 Å². The lowest BCUT2D eigenvalue weighted by atomic mass is 9.80. The van der Waals surface area contributed by atoms with Crippen LogP contribution in [0.1, 0.15) is 58.3 Å². The van der Waals surface area contributed by atoms with Gasteiger partial charge in [0.15, 0.2) is 5.96 Å². The Morgan fingerprint density at radius 1 is 0.972 bits per heavy atom. The monoisotopic (exact) mass is 533 g/mol. The van der Waals surface area contributed by atoms with Crippen molar-refractivity contribution in [3.8, 4) is 0 Å². The molecule has 0 amide bonds. The lowest BCUT2D eigenvalue weighted by Gasteiger charge is -2.47. The Morgan fingerprint density at radius 2 is 1.67 bits per heavy atom. The summed E-state index contributed by atoms with van der Waals surface area (Å²) in [5.74, 6) is 1.63. The van der Waals surface area contributed by atoms with Crippen LogP contribution in [0.2, 0.25) is 0 Å². The highest BCUT2D eigenvalue weighted by Crippen LogP contribution is 2.38. The number of hydrogen-bond donors (Lipinski definition) is 4. The lowest BCUT2D eigenvalue weighted by Crippen LogP contribution is -2.70. The Bertz CT molecular complexity index is 792. The first-order valence-electron chi connectivity index (χ1n) is 13.8. The Balaban J connectivity index is 1.20. The van der Waals surface area contributed by atoms with Crippen molar-refractivity contribution in [3.05, 3.63) is 0 Å². The molecule has 5 rings (SSSR count). The summed E-state index contributed by atoms with van der Waals surface area (Å²) < 4.78 is 39.7. The number of nitrogens with one attached hydrogen (secondary N) is 4. The summed E-state index contributed by atoms with van der Waals surface area (Å²) in [6, 6.07) is -1.01. The van der Waals surface area contributed by atoms with Crippen molar-refractivity contribution in [2.24, 2.45) is 17.8 Å². The maximum atomic E-state index is 13.2. The maximum Gasteiger partial charge on any atom is 0.405 e. The Kier molecular flexibility index (Phi) is 7.73. The molecule has 4 N–H and O–H groups in total. The number of fused-ring (bicyclic) bond motifs is 1. The highest BCUT2D eigenvalue weighted by Gasteiger charge is 2.51. The quantitative estimate of drug-likeness (QED) is 0.416. The maximum absolute atomic E-state index is 13.2. The lowest BCUT2D eigenvalue weighted by molar-refractivity contribution is -0.150. The van der Waals surface area contributed by atoms with Gasteiger partial charge in [-0.2, -0.15) is 13.2 Å². The first-order chi connectivity index (χ1) is 17.0. The fraction of sp³-hybridized carbons (Fsp3) is 0.960. The van der Waals surface area contributed by atoms with E-state index in [9.17, 15) is 13.2 Å². The molecule has 0 aromatic carbocycles. The molecule has 2 saturated carbocycles. The first-order valence-corrected chi connectivity index (χ1v) is 14.3. The van der Waals surface area contributed by atoms with Gasteiger partial charge in [0.25, 0.3) is 0 Å². The standard InChI is InChI=1S/C25H43ClF3N7/c1-14-20-23(33-21(31-14)17-6-4-5-7-18(17)26)36(24(30)35(20)3)12-15-8-10-16(11-9-15)22-32-19(13-34(22)2)25(27,28)29/h14-23,30-33H,4-13H2,1-3H3. The van der Waals surface area contributed by atoms with Crippen molar-refractivity contribution in [1.82, 2.24) is 30.7 Å². The molecule has 0 radical (unpaired) electrons. The zero-order valence-corrected chi connectivity index (χ0v) is 22.5. The number of hydrogen-bond acceptors (Lipinski definition) is 5. The Morgan fingerprint density at radius 3 is 2.31 bits per heavy atom. The van der Waals surface area contributed by atoms with Gasteiger partial charge in [0.05, 0.1) is 18.4 Å². The van der Waals surface area contributed by atoms with E-state index in [-0.39, 0.29) is 48.4 Å². The number of nitrogens with zero attached hydrogens (tertiary/aromatic N) is 3. The number of halogens is 4. The molecular formula is C25H43ClF3N7. The third kappa shape index (κ3) is 5.09. The summed E-state index contributed by atoms with van der Waals surface area (Å²) >= 11 is 6.75. The molecule has 5 aliphatic rings. The minimum absolute atomic E-state index is 0.0254. The van der Waals surface area contributed by atoms with E-state index in [0.717, 1.165) is 45.1 Å². The molecule has 0 aromatic heterocycles. The molecule has 5 fully saturated rings. The van der Waals surface area contributed by atoms with Gasteiger partial charge in [0, 0.05) is 37.5 Å². The predicted molar refractivity (Wildman–Crippen MR) is 136 cm³/mol. The minimum Gasteiger partial charge on any atom is -0.338 e. The summed E-state index contributed by atoms with van der Waals surface area (Å²) in [4.78, 5) is 6.17. The highest BCUT2D eigenvalue weighted by atomic mass is 35.5. The number of rotatable bonds is 4. The van der Waals surface area contributed by atoms with E-state index in [1.807, 2.05) is 11.9 Å². The second-order valence-corrected chi connectivity index (χ2v) is 12.6. The number of alkyl halides is 4. The molecule has 3 saturated heterocycles. The molecule has 8 unspecified atom stereocenters. The van der Waals surface area contributed by atoms with Crippen molar-refractivity contribution in [1.29, 1.82) is 5.41 Å². The summed E-state index contributed by atoms with van der Waals surface area (Å²) in [6.45, 7) is 3.06. The van der Waals surface area contributed by atoms with Gasteiger partial charge in [0.2, 0.25) is 0 Å². The van der Waals surface area contributed by atoms with Crippen LogP contribution in [0.25, 0.3) is 0 Å². The van der Waals surface area contributed by atoms with E-state index in [4.69, 9.17) is 17.0 Å². The molecule has 3 heterocycles. The number of likely N-dealkylation sites (N-methyl/N-ethyl adjacent to an activating group) is 2. The van der Waals surface area contributed by atoms with E-state index in [1.165, 1.54) is 12.8 Å². The molecular weight excluding hydrogens is 491 g/mol. The molecule has 0 bridgehead atoms. The van der Waals surface area contributed by atoms with Gasteiger partial charge in [-0.15, -0.1) is 11.6 Å². The summed E-state index contributed by atoms with van der Waals surface area (Å²) in [7, 11) is 3.82. The average Bonchev–Trinajstić information content (AvgIpc) is 3.34. The van der Waals surface area contributed by atoms with Crippen molar-refractivity contribution in [3.63, 3.8) is 0 Å². The van der Waals surface area contributed by atoms with Crippen LogP contribution in [-0.4, -0.2) is 96.0 Å². The van der Waals surface area contributed by atoms with Gasteiger partial charge >= 0.3 is 6.18 Å². The second kappa shape index (κ2) is 10.4. The van der Waals surface area contributed by atoms with Crippen LogP contribution >= 0.6 is 11.6 Å². The van der Waals surface area contributed by atoms with E-state index in [2.05, 4.69) is 32.7 Å². The molecule has 206 valence electrons. The van der Waals surface area contributed by atoms with Gasteiger partial charge in [-0.1, -0.05) is 12.8 Å². The fourth-order valence-electron chi connectivity index (χ4n) is 7.67. The molecule has 2 aliphatic carbocycles. The zero-order valence-electron chi connectivity index (χ0n) is 21.7. The van der Waals surface area contributed by atoms with Gasteiger partial charge < -0.3 is 9.80 Å². The summed E-state index contributed by atoms with van der Waals surface area (Å²) in [5.41, 5.74) is 0. The normalized spacial score (nSPS) is 44.8. The van der Waals surface area contributed by atoms with Crippen LogP contribution in [0.5, 0.6) is 0 Å². The minimum atomic E-state index is -4.20. The highest BCUT2D eigenvalue weighted by molar-refractivity contribution is 6.20. The van der Waals surface area contributed by atoms with E-state index >= 15 is 0 Å². The van der Waals surface area contributed by atoms with Crippen LogP contribution in [0.15, 0.2) is 0 Å². The van der Waals surface area contributed by atoms with Crippen LogP contribution in [0, 0.1) is 23.2 Å². The Hall–Kier alpha value is -0.810. The molecule has 0 spiro atoms. The molecule has 7 nitrogen and oxygen atoms in total. The first kappa shape index (κ1) is 26.8. The van der Waals surface area contributed by atoms with Gasteiger partial charge in [-0.3, -0.25) is 26.3 Å². The molecule has 8 atom stereocenters. The molecule has 0 aromatic rings. The molecule has 3 aliphatic heterocycles. The van der Waals surface area contributed by atoms with Gasteiger partial charge in [-0.25, -0.2) is 0 Å². The second-order valence-electron chi connectivity index (χ2n) is 12.0. The van der Waals surface area contributed by atoms with Crippen molar-refractivity contribution in [2.75, 3.05) is 27.2 Å². The van der Waals surface area contributed by atoms with Crippen molar-refractivity contribution < 1.29 is 13.2 Å². The van der Waals surface area contributed by atoms with Gasteiger partial charge in [-0.05, 0) is 64.3 Å². The molecule has 11 heteroatoms. The summed E-state index contributed by atoms with van der Waals surface area (Å²) in [6.07, 6.45) is 4.24. The largest absolute Gasteiger partial charge is 0.405 e. The van der Waals surface area contributed by atoms with Crippen LogP contribution in [0.4, 0.5) is 13.2 Å². The fourth-order valence-corrected chi connectivity index (χ4v) is 8.09. The zero-order chi connectivity index (χ0) is 25.8. The number of guanidine groups is 1. The summed E-state index contributed by atoms with van der Waals surface area (Å²) in [5, 5.41) is 19.5. The third-order valence-corrected chi connectivity index (χ3v) is 10.2. The van der Waals surface area contributed by atoms with Crippen LogP contribution < -0.4 is 16.0 Å². The Labute approximate surface area is 218 Å². The van der Waals surface area contributed by atoms with E-state index in [1.54, 1.807) is 7.05 Å². The predicted octanol–water partition coefficient (Wildman–Crippen LogP) is 3.17. The third-order valence-electron chi connectivity index (χ3n) is 9.68. The SMILES string of the molecule is CC1NC(C2CCCCC2Cl)NC2C1N(C)C(=N)N2CC1CCC(C2NC(C(F)(F)F)CN2C)CC1. The average molecular weight is 534 g/mol. The van der Waals surface area contributed by atoms with E-state index < -0.39 is 12.2 Å². The van der Waals surface area contributed by atoms with E-state index in [0.29, 0.717) is 17.8 Å². The van der Waals surface area contributed by atoms with Gasteiger partial charge in [0.1, 0.15) is 12.2 Å². The van der Waals surface area contributed by atoms with Crippen molar-refractivity contribution >= 4 is 17.6 Å². The smallest absolute Gasteiger partial charge is 0.338 e.